The first-order chi connectivity index (χ1) is 8.88. The molecule has 1 aromatic carbocycles. The van der Waals surface area contributed by atoms with Crippen LogP contribution in [-0.2, 0) is 0 Å². The van der Waals surface area contributed by atoms with Crippen molar-refractivity contribution in [2.75, 3.05) is 20.6 Å². The van der Waals surface area contributed by atoms with Gasteiger partial charge in [-0.2, -0.15) is 0 Å². The number of rotatable bonds is 7. The van der Waals surface area contributed by atoms with Crippen molar-refractivity contribution in [3.8, 4) is 0 Å². The van der Waals surface area contributed by atoms with Gasteiger partial charge in [0.25, 0.3) is 0 Å². The third-order valence-corrected chi connectivity index (χ3v) is 3.41. The van der Waals surface area contributed by atoms with E-state index in [1.807, 2.05) is 18.2 Å². The van der Waals surface area contributed by atoms with Crippen molar-refractivity contribution < 1.29 is 0 Å². The zero-order valence-electron chi connectivity index (χ0n) is 12.8. The van der Waals surface area contributed by atoms with Crippen molar-refractivity contribution in [1.82, 2.24) is 10.2 Å². The molecular weight excluding hydrogens is 256 g/mol. The summed E-state index contributed by atoms with van der Waals surface area (Å²) in [6.45, 7) is 7.81. The summed E-state index contributed by atoms with van der Waals surface area (Å²) in [6.07, 6.45) is 1.18. The zero-order chi connectivity index (χ0) is 14.4. The predicted octanol–water partition coefficient (Wildman–Crippen LogP) is 3.97. The highest BCUT2D eigenvalue weighted by atomic mass is 35.5. The SMILES string of the molecule is CC(C)CC(CN(C)C)NC(C)c1cccc(Cl)c1. The summed E-state index contributed by atoms with van der Waals surface area (Å²) < 4.78 is 0. The lowest BCUT2D eigenvalue weighted by Crippen LogP contribution is -2.40. The molecule has 108 valence electrons. The Bertz CT molecular complexity index is 367. The average Bonchev–Trinajstić information content (AvgIpc) is 2.26. The molecular formula is C16H27ClN2. The van der Waals surface area contributed by atoms with Gasteiger partial charge in [-0.3, -0.25) is 0 Å². The highest BCUT2D eigenvalue weighted by molar-refractivity contribution is 6.30. The number of nitrogens with zero attached hydrogens (tertiary/aromatic N) is 1. The van der Waals surface area contributed by atoms with Gasteiger partial charge in [0, 0.05) is 23.7 Å². The number of hydrogen-bond acceptors (Lipinski definition) is 2. The molecule has 0 fully saturated rings. The van der Waals surface area contributed by atoms with Crippen molar-refractivity contribution in [1.29, 1.82) is 0 Å². The molecule has 2 nitrogen and oxygen atoms in total. The van der Waals surface area contributed by atoms with Gasteiger partial charge in [0.2, 0.25) is 0 Å². The molecule has 3 heteroatoms. The summed E-state index contributed by atoms with van der Waals surface area (Å²) >= 11 is 6.06. The van der Waals surface area contributed by atoms with E-state index in [0.717, 1.165) is 11.6 Å². The van der Waals surface area contributed by atoms with E-state index in [-0.39, 0.29) is 0 Å². The van der Waals surface area contributed by atoms with E-state index in [2.05, 4.69) is 51.1 Å². The summed E-state index contributed by atoms with van der Waals surface area (Å²) in [5.41, 5.74) is 1.25. The average molecular weight is 283 g/mol. The molecule has 0 saturated heterocycles. The van der Waals surface area contributed by atoms with Crippen LogP contribution >= 0.6 is 11.6 Å². The van der Waals surface area contributed by atoms with Gasteiger partial charge < -0.3 is 10.2 Å². The molecule has 2 unspecified atom stereocenters. The second-order valence-electron chi connectivity index (χ2n) is 6.03. The maximum absolute atomic E-state index is 6.06. The van der Waals surface area contributed by atoms with Gasteiger partial charge in [-0.1, -0.05) is 37.6 Å². The first-order valence-electron chi connectivity index (χ1n) is 7.04. The van der Waals surface area contributed by atoms with Crippen LogP contribution in [0.15, 0.2) is 24.3 Å². The normalized spacial score (nSPS) is 14.9. The van der Waals surface area contributed by atoms with E-state index in [4.69, 9.17) is 11.6 Å². The highest BCUT2D eigenvalue weighted by Gasteiger charge is 2.15. The standard InChI is InChI=1S/C16H27ClN2/c1-12(2)9-16(11-19(4)5)18-13(3)14-7-6-8-15(17)10-14/h6-8,10,12-13,16,18H,9,11H2,1-5H3. The Morgan fingerprint density at radius 1 is 1.21 bits per heavy atom. The Balaban J connectivity index is 2.66. The molecule has 0 amide bonds. The van der Waals surface area contributed by atoms with E-state index in [1.165, 1.54) is 12.0 Å². The van der Waals surface area contributed by atoms with Crippen molar-refractivity contribution in [3.05, 3.63) is 34.9 Å². The molecule has 0 aliphatic heterocycles. The fourth-order valence-electron chi connectivity index (χ4n) is 2.43. The Morgan fingerprint density at radius 3 is 2.42 bits per heavy atom. The molecule has 0 heterocycles. The fraction of sp³-hybridized carbons (Fsp3) is 0.625. The first kappa shape index (κ1) is 16.5. The van der Waals surface area contributed by atoms with Crippen LogP contribution in [0.2, 0.25) is 5.02 Å². The molecule has 0 aromatic heterocycles. The third-order valence-electron chi connectivity index (χ3n) is 3.18. The number of likely N-dealkylation sites (N-methyl/N-ethyl adjacent to an activating group) is 1. The van der Waals surface area contributed by atoms with Gasteiger partial charge in [0.05, 0.1) is 0 Å². The summed E-state index contributed by atoms with van der Waals surface area (Å²) in [5, 5.41) is 4.53. The van der Waals surface area contributed by atoms with E-state index in [9.17, 15) is 0 Å². The minimum Gasteiger partial charge on any atom is -0.308 e. The largest absolute Gasteiger partial charge is 0.308 e. The van der Waals surface area contributed by atoms with Crippen LogP contribution in [0, 0.1) is 5.92 Å². The lowest BCUT2D eigenvalue weighted by Gasteiger charge is -2.27. The van der Waals surface area contributed by atoms with Gasteiger partial charge >= 0.3 is 0 Å². The maximum atomic E-state index is 6.06. The molecule has 1 aromatic rings. The van der Waals surface area contributed by atoms with Crippen molar-refractivity contribution in [2.45, 2.75) is 39.3 Å². The highest BCUT2D eigenvalue weighted by Crippen LogP contribution is 2.19. The number of halogens is 1. The number of hydrogen-bond donors (Lipinski definition) is 1. The Kier molecular flexibility index (Phi) is 6.84. The van der Waals surface area contributed by atoms with Gasteiger partial charge in [-0.25, -0.2) is 0 Å². The summed E-state index contributed by atoms with van der Waals surface area (Å²) in [4.78, 5) is 2.24. The van der Waals surface area contributed by atoms with Crippen LogP contribution in [0.3, 0.4) is 0 Å². The van der Waals surface area contributed by atoms with Crippen LogP contribution in [0.25, 0.3) is 0 Å². The maximum Gasteiger partial charge on any atom is 0.0409 e. The summed E-state index contributed by atoms with van der Waals surface area (Å²) in [6, 6.07) is 8.93. The molecule has 19 heavy (non-hydrogen) atoms. The molecule has 0 aliphatic rings. The molecule has 1 rings (SSSR count). The zero-order valence-corrected chi connectivity index (χ0v) is 13.5. The number of benzene rings is 1. The molecule has 0 spiro atoms. The smallest absolute Gasteiger partial charge is 0.0409 e. The van der Waals surface area contributed by atoms with Crippen LogP contribution in [0.5, 0.6) is 0 Å². The monoisotopic (exact) mass is 282 g/mol. The third kappa shape index (κ3) is 6.42. The minimum absolute atomic E-state index is 0.322. The second-order valence-corrected chi connectivity index (χ2v) is 6.47. The predicted molar refractivity (Wildman–Crippen MR) is 84.8 cm³/mol. The van der Waals surface area contributed by atoms with Crippen LogP contribution in [0.4, 0.5) is 0 Å². The second kappa shape index (κ2) is 7.88. The fourth-order valence-corrected chi connectivity index (χ4v) is 2.63. The molecule has 1 N–H and O–H groups in total. The number of nitrogens with one attached hydrogen (secondary N) is 1. The van der Waals surface area contributed by atoms with Gasteiger partial charge in [-0.15, -0.1) is 0 Å². The van der Waals surface area contributed by atoms with Crippen molar-refractivity contribution >= 4 is 11.6 Å². The lowest BCUT2D eigenvalue weighted by atomic mass is 10.0. The van der Waals surface area contributed by atoms with Crippen LogP contribution in [-0.4, -0.2) is 31.6 Å². The lowest BCUT2D eigenvalue weighted by molar-refractivity contribution is 0.291. The molecule has 2 atom stereocenters. The Labute approximate surface area is 123 Å². The topological polar surface area (TPSA) is 15.3 Å². The van der Waals surface area contributed by atoms with Gasteiger partial charge in [0.1, 0.15) is 0 Å². The van der Waals surface area contributed by atoms with Crippen LogP contribution in [0.1, 0.15) is 38.8 Å². The quantitative estimate of drug-likeness (QED) is 0.814. The van der Waals surface area contributed by atoms with E-state index in [0.29, 0.717) is 18.0 Å². The van der Waals surface area contributed by atoms with E-state index >= 15 is 0 Å². The van der Waals surface area contributed by atoms with Gasteiger partial charge in [0.15, 0.2) is 0 Å². The van der Waals surface area contributed by atoms with Crippen LogP contribution < -0.4 is 5.32 Å². The van der Waals surface area contributed by atoms with Gasteiger partial charge in [-0.05, 0) is 51.1 Å². The van der Waals surface area contributed by atoms with Crippen molar-refractivity contribution in [2.24, 2.45) is 5.92 Å². The van der Waals surface area contributed by atoms with E-state index in [1.54, 1.807) is 0 Å². The molecule has 0 bridgehead atoms. The molecule has 0 aliphatic carbocycles. The minimum atomic E-state index is 0.322. The van der Waals surface area contributed by atoms with Crippen molar-refractivity contribution in [3.63, 3.8) is 0 Å². The first-order valence-corrected chi connectivity index (χ1v) is 7.42. The van der Waals surface area contributed by atoms with E-state index < -0.39 is 0 Å². The summed E-state index contributed by atoms with van der Waals surface area (Å²) in [5.74, 6) is 0.698. The molecule has 0 radical (unpaired) electrons. The Hall–Kier alpha value is -0.570. The molecule has 0 saturated carbocycles. The Morgan fingerprint density at radius 2 is 1.89 bits per heavy atom. The summed E-state index contributed by atoms with van der Waals surface area (Å²) in [7, 11) is 4.25.